The summed E-state index contributed by atoms with van der Waals surface area (Å²) in [5.41, 5.74) is -2.85. The lowest BCUT2D eigenvalue weighted by Crippen LogP contribution is -2.61. The number of ether oxygens (including phenoxy) is 6. The third kappa shape index (κ3) is 15.0. The maximum atomic E-state index is 14.6. The first-order valence-corrected chi connectivity index (χ1v) is 26.2. The molecule has 1 aromatic carbocycles. The summed E-state index contributed by atoms with van der Waals surface area (Å²) in [5, 5.41) is 84.9. The van der Waals surface area contributed by atoms with Crippen molar-refractivity contribution in [2.45, 2.75) is 199 Å². The minimum absolute atomic E-state index is 0.0298. The number of cyclic esters (lactones) is 1. The molecule has 4 heterocycles. The molecule has 0 aliphatic carbocycles. The van der Waals surface area contributed by atoms with Crippen molar-refractivity contribution < 1.29 is 68.5 Å². The van der Waals surface area contributed by atoms with Crippen LogP contribution in [0.2, 0.25) is 0 Å². The van der Waals surface area contributed by atoms with Crippen LogP contribution in [0.15, 0.2) is 35.6 Å². The predicted molar refractivity (Wildman–Crippen MR) is 273 cm³/mol. The first-order valence-electron chi connectivity index (χ1n) is 26.2. The fraction of sp³-hybridized carbons (Fsp3) is 0.808. The van der Waals surface area contributed by atoms with E-state index in [9.17, 15) is 40.4 Å². The number of hydrogen-bond donors (Lipinski definition) is 5. The van der Waals surface area contributed by atoms with E-state index in [1.807, 2.05) is 51.0 Å². The van der Waals surface area contributed by atoms with E-state index < -0.39 is 119 Å². The summed E-state index contributed by atoms with van der Waals surface area (Å²) in [7, 11) is 7.18. The minimum Gasteiger partial charge on any atom is -0.459 e. The van der Waals surface area contributed by atoms with Gasteiger partial charge in [-0.05, 0) is 93.9 Å². The van der Waals surface area contributed by atoms with Crippen molar-refractivity contribution in [3.8, 4) is 0 Å². The lowest BCUT2D eigenvalue weighted by molar-refractivity contribution is -0.384. The number of non-ortho nitro benzene ring substituents is 1. The number of carbonyl (C=O) groups excluding carboxylic acids is 1. The molecule has 0 spiro atoms. The Balaban J connectivity index is 1.48. The molecule has 22 nitrogen and oxygen atoms in total. The maximum Gasteiger partial charge on any atom is 0.311 e. The van der Waals surface area contributed by atoms with E-state index in [0.717, 1.165) is 11.3 Å². The van der Waals surface area contributed by atoms with Gasteiger partial charge in [0.1, 0.15) is 30.5 Å². The van der Waals surface area contributed by atoms with Gasteiger partial charge in [0, 0.05) is 81.7 Å². The van der Waals surface area contributed by atoms with Crippen LogP contribution in [0.4, 0.5) is 5.69 Å². The SMILES string of the molecule is CC[C@H]1OC(=O)[C@H](C)[C@@H](O[C@H]2C[C@@](C)(OC)[C@@H](O)[C@H](C)O2)[C@H](C)[C@@H](O[C@@H]2O[C@H](C)C[C@H](N(C)CCc3cn(CCc4ccc([N+](=O)[O-])cc4)nn3)[C@H]2O)[C@](C)(O)C[C@@H](C)C(=NOCCN(C)C)[C@H](C)[C@@H](O)[C@]1(C)O. The molecule has 74 heavy (non-hydrogen) atoms. The van der Waals surface area contributed by atoms with Crippen LogP contribution in [0.3, 0.4) is 0 Å². The summed E-state index contributed by atoms with van der Waals surface area (Å²) in [5.74, 6) is -4.24. The lowest BCUT2D eigenvalue weighted by Gasteiger charge is -2.49. The molecule has 3 aliphatic rings. The number of benzene rings is 1. The zero-order chi connectivity index (χ0) is 55.0. The molecule has 0 unspecified atom stereocenters. The Hall–Kier alpha value is -3.78. The Morgan fingerprint density at radius 1 is 0.932 bits per heavy atom. The van der Waals surface area contributed by atoms with Crippen molar-refractivity contribution in [1.29, 1.82) is 0 Å². The van der Waals surface area contributed by atoms with E-state index in [1.54, 1.807) is 65.3 Å². The molecule has 1 aromatic heterocycles. The molecular formula is C52H87N7O15. The summed E-state index contributed by atoms with van der Waals surface area (Å²) >= 11 is 0. The highest BCUT2D eigenvalue weighted by atomic mass is 16.7. The number of aliphatic hydroxyl groups is 5. The van der Waals surface area contributed by atoms with Gasteiger partial charge in [-0.2, -0.15) is 0 Å². The van der Waals surface area contributed by atoms with Crippen LogP contribution in [0.1, 0.15) is 106 Å². The number of nitro benzene ring substituents is 1. The van der Waals surface area contributed by atoms with Gasteiger partial charge in [0.05, 0.1) is 64.0 Å². The lowest BCUT2D eigenvalue weighted by atomic mass is 9.73. The minimum atomic E-state index is -1.97. The van der Waals surface area contributed by atoms with E-state index in [2.05, 4.69) is 15.5 Å². The summed E-state index contributed by atoms with van der Waals surface area (Å²) in [6.45, 7) is 18.8. The smallest absolute Gasteiger partial charge is 0.311 e. The largest absolute Gasteiger partial charge is 0.459 e. The average Bonchev–Trinajstić information content (AvgIpc) is 3.81. The predicted octanol–water partition coefficient (Wildman–Crippen LogP) is 3.51. The van der Waals surface area contributed by atoms with Crippen molar-refractivity contribution in [1.82, 2.24) is 24.8 Å². The molecule has 5 rings (SSSR count). The quantitative estimate of drug-likeness (QED) is 0.0618. The fourth-order valence-corrected chi connectivity index (χ4v) is 10.9. The Morgan fingerprint density at radius 3 is 2.23 bits per heavy atom. The molecule has 2 aromatic rings. The second-order valence-electron chi connectivity index (χ2n) is 22.1. The molecular weight excluding hydrogens is 963 g/mol. The first kappa shape index (κ1) is 61.1. The van der Waals surface area contributed by atoms with Crippen molar-refractivity contribution in [2.24, 2.45) is 28.8 Å². The van der Waals surface area contributed by atoms with Gasteiger partial charge < -0.3 is 68.6 Å². The number of aliphatic hydroxyl groups excluding tert-OH is 3. The van der Waals surface area contributed by atoms with E-state index in [4.69, 9.17) is 33.3 Å². The van der Waals surface area contributed by atoms with E-state index in [-0.39, 0.29) is 31.6 Å². The highest BCUT2D eigenvalue weighted by Gasteiger charge is 2.53. The number of aromatic nitrogens is 3. The van der Waals surface area contributed by atoms with Gasteiger partial charge in [0.15, 0.2) is 12.6 Å². The van der Waals surface area contributed by atoms with Crippen LogP contribution < -0.4 is 0 Å². The Morgan fingerprint density at radius 2 is 1.61 bits per heavy atom. The van der Waals surface area contributed by atoms with Gasteiger partial charge in [0.2, 0.25) is 0 Å². The molecule has 22 heteroatoms. The molecule has 0 saturated carbocycles. The van der Waals surface area contributed by atoms with Crippen LogP contribution in [0, 0.1) is 33.8 Å². The van der Waals surface area contributed by atoms with Gasteiger partial charge >= 0.3 is 5.97 Å². The highest BCUT2D eigenvalue weighted by molar-refractivity contribution is 5.88. The zero-order valence-electron chi connectivity index (χ0n) is 46.1. The molecule has 18 atom stereocenters. The number of aryl methyl sites for hydroxylation is 2. The third-order valence-electron chi connectivity index (χ3n) is 15.6. The van der Waals surface area contributed by atoms with Crippen molar-refractivity contribution in [3.63, 3.8) is 0 Å². The number of nitrogens with zero attached hydrogens (tertiary/aromatic N) is 7. The number of oxime groups is 1. The van der Waals surface area contributed by atoms with Crippen LogP contribution in [-0.2, 0) is 57.4 Å². The zero-order valence-corrected chi connectivity index (χ0v) is 46.1. The first-order chi connectivity index (χ1) is 34.6. The van der Waals surface area contributed by atoms with Crippen LogP contribution in [0.25, 0.3) is 0 Å². The van der Waals surface area contributed by atoms with E-state index in [0.29, 0.717) is 44.6 Å². The highest BCUT2D eigenvalue weighted by Crippen LogP contribution is 2.41. The third-order valence-corrected chi connectivity index (χ3v) is 15.6. The van der Waals surface area contributed by atoms with Gasteiger partial charge in [-0.1, -0.05) is 50.2 Å². The van der Waals surface area contributed by atoms with Crippen molar-refractivity contribution >= 4 is 17.4 Å². The van der Waals surface area contributed by atoms with Crippen LogP contribution >= 0.6 is 0 Å². The Kier molecular flexibility index (Phi) is 21.5. The summed E-state index contributed by atoms with van der Waals surface area (Å²) < 4.78 is 40.1. The van der Waals surface area contributed by atoms with Gasteiger partial charge in [-0.25, -0.2) is 0 Å². The van der Waals surface area contributed by atoms with Crippen LogP contribution in [0.5, 0.6) is 0 Å². The summed E-state index contributed by atoms with van der Waals surface area (Å²) in [6, 6.07) is 5.93. The Labute approximate surface area is 436 Å². The van der Waals surface area contributed by atoms with Gasteiger partial charge in [-0.15, -0.1) is 5.10 Å². The second-order valence-corrected chi connectivity index (χ2v) is 22.1. The van der Waals surface area contributed by atoms with Crippen molar-refractivity contribution in [2.75, 3.05) is 47.9 Å². The topological polar surface area (TPSA) is 276 Å². The molecule has 3 fully saturated rings. The molecule has 3 aliphatic heterocycles. The monoisotopic (exact) mass is 1050 g/mol. The maximum absolute atomic E-state index is 14.6. The number of nitro groups is 1. The number of methoxy groups -OCH3 is 1. The Bertz CT molecular complexity index is 2130. The van der Waals surface area contributed by atoms with Gasteiger partial charge in [-0.3, -0.25) is 19.6 Å². The van der Waals surface area contributed by atoms with Crippen LogP contribution in [-0.4, -0.2) is 199 Å². The summed E-state index contributed by atoms with van der Waals surface area (Å²) in [4.78, 5) is 35.0. The molecule has 0 radical (unpaired) electrons. The number of likely N-dealkylation sites (N-methyl/N-ethyl adjacent to an activating group) is 2. The molecule has 0 amide bonds. The molecule has 3 saturated heterocycles. The second kappa shape index (κ2) is 26.0. The summed E-state index contributed by atoms with van der Waals surface area (Å²) in [6.07, 6.45) is -7.22. The standard InChI is InChI=1S/C52H87N7O15/c1-15-40-52(10,65)45(61)32(4)42(54-69-25-24-56(11)12)30(2)27-50(8,64)47(33(5)44(34(6)48(63)72-40)73-41-28-51(9,68-14)46(62)35(7)71-41)74-49-43(60)39(26-31(3)70-49)57(13)22-21-37-29-58(55-53-37)23-20-36-16-18-38(19-17-36)59(66)67/h16-19,29-35,39-41,43-47,49,60-62,64-65H,15,20-28H2,1-14H3/t30-,31-,32+,33+,34-,35+,39+,40-,41+,43-,44+,45-,46+,47-,49+,50-,51-,52-/m1/s1. The van der Waals surface area contributed by atoms with E-state index >= 15 is 0 Å². The molecule has 5 N–H and O–H groups in total. The fourth-order valence-electron chi connectivity index (χ4n) is 10.9. The van der Waals surface area contributed by atoms with Gasteiger partial charge in [0.25, 0.3) is 5.69 Å². The normalized spacial score (nSPS) is 38.5. The number of carbonyl (C=O) groups is 1. The van der Waals surface area contributed by atoms with E-state index in [1.165, 1.54) is 26.2 Å². The van der Waals surface area contributed by atoms with Crippen molar-refractivity contribution in [3.05, 3.63) is 51.8 Å². The number of hydrogen-bond acceptors (Lipinski definition) is 20. The molecule has 0 bridgehead atoms. The molecule has 420 valence electrons. The number of rotatable bonds is 18. The average molecular weight is 1050 g/mol. The number of esters is 1.